The second-order valence-corrected chi connectivity index (χ2v) is 9.80. The average molecular weight is 451 g/mol. The van der Waals surface area contributed by atoms with E-state index in [-0.39, 0.29) is 12.3 Å². The largest absolute Gasteiger partial charge is 0.377 e. The minimum Gasteiger partial charge on any atom is -0.377 e. The number of pyridine rings is 1. The highest BCUT2D eigenvalue weighted by Gasteiger charge is 2.47. The zero-order chi connectivity index (χ0) is 21.7. The van der Waals surface area contributed by atoms with Gasteiger partial charge in [0.2, 0.25) is 0 Å². The first-order valence-corrected chi connectivity index (χ1v) is 12.2. The quantitative estimate of drug-likeness (QED) is 0.593. The number of anilines is 1. The van der Waals surface area contributed by atoms with Crippen molar-refractivity contribution in [2.45, 2.75) is 56.7 Å². The van der Waals surface area contributed by atoms with Gasteiger partial charge in [0.05, 0.1) is 41.1 Å². The summed E-state index contributed by atoms with van der Waals surface area (Å²) in [6, 6.07) is 6.94. The van der Waals surface area contributed by atoms with E-state index in [9.17, 15) is 5.26 Å². The molecule has 0 bridgehead atoms. The lowest BCUT2D eigenvalue weighted by molar-refractivity contribution is -0.0383. The molecular weight excluding hydrogens is 424 g/mol. The monoisotopic (exact) mass is 450 g/mol. The highest BCUT2D eigenvalue weighted by Crippen LogP contribution is 2.52. The van der Waals surface area contributed by atoms with Gasteiger partial charge < -0.3 is 14.4 Å². The molecule has 2 saturated heterocycles. The van der Waals surface area contributed by atoms with E-state index in [1.165, 1.54) is 11.5 Å². The van der Waals surface area contributed by atoms with Crippen LogP contribution in [-0.2, 0) is 14.9 Å². The first kappa shape index (κ1) is 20.1. The highest BCUT2D eigenvalue weighted by molar-refractivity contribution is 7.13. The van der Waals surface area contributed by atoms with E-state index in [1.807, 2.05) is 16.9 Å². The van der Waals surface area contributed by atoms with Gasteiger partial charge in [-0.15, -0.1) is 0 Å². The maximum absolute atomic E-state index is 9.98. The number of morpholine rings is 1. The molecular formula is C23H26N6O2S. The van der Waals surface area contributed by atoms with E-state index < -0.39 is 5.41 Å². The molecule has 2 unspecified atom stereocenters. The molecule has 3 aromatic rings. The summed E-state index contributed by atoms with van der Waals surface area (Å²) in [7, 11) is 0. The Balaban J connectivity index is 1.51. The Kier molecular flexibility index (Phi) is 4.90. The third kappa shape index (κ3) is 3.20. The summed E-state index contributed by atoms with van der Waals surface area (Å²) in [5.41, 5.74) is 3.27. The van der Waals surface area contributed by atoms with Crippen LogP contribution in [0.4, 0.5) is 5.82 Å². The van der Waals surface area contributed by atoms with Crippen LogP contribution < -0.4 is 4.90 Å². The standard InChI is InChI=1S/C23H26N6O2S/c1-15-13-30-11-9-28(15)18-12-16(23(14-24)6-7-23)22-21(26-18)20(27-32-22)17-5-8-25-29(17)19-4-2-3-10-31-19/h5,8,12,15,19H,2-4,6-7,9-11,13H2,1H3. The number of rotatable bonds is 4. The summed E-state index contributed by atoms with van der Waals surface area (Å²) in [5, 5.41) is 14.6. The maximum Gasteiger partial charge on any atom is 0.150 e. The number of nitriles is 1. The van der Waals surface area contributed by atoms with Crippen LogP contribution in [0.15, 0.2) is 18.3 Å². The van der Waals surface area contributed by atoms with Crippen LogP contribution in [0, 0.1) is 11.3 Å². The van der Waals surface area contributed by atoms with Crippen LogP contribution in [0.1, 0.15) is 50.8 Å². The molecule has 32 heavy (non-hydrogen) atoms. The van der Waals surface area contributed by atoms with Crippen LogP contribution in [0.2, 0.25) is 0 Å². The Hall–Kier alpha value is -2.54. The fourth-order valence-corrected chi connectivity index (χ4v) is 5.80. The summed E-state index contributed by atoms with van der Waals surface area (Å²) in [5.74, 6) is 0.909. The molecule has 1 aliphatic carbocycles. The van der Waals surface area contributed by atoms with Crippen molar-refractivity contribution in [1.29, 1.82) is 5.26 Å². The Morgan fingerprint density at radius 3 is 2.94 bits per heavy atom. The third-order valence-electron chi connectivity index (χ3n) is 6.89. The molecule has 5 heterocycles. The highest BCUT2D eigenvalue weighted by atomic mass is 32.1. The van der Waals surface area contributed by atoms with Crippen molar-refractivity contribution in [1.82, 2.24) is 19.1 Å². The van der Waals surface area contributed by atoms with E-state index in [2.05, 4.69) is 29.1 Å². The van der Waals surface area contributed by atoms with Gasteiger partial charge in [-0.05, 0) is 68.3 Å². The van der Waals surface area contributed by atoms with Gasteiger partial charge in [-0.1, -0.05) is 0 Å². The fraction of sp³-hybridized carbons (Fsp3) is 0.565. The Morgan fingerprint density at radius 2 is 2.19 bits per heavy atom. The fourth-order valence-electron chi connectivity index (χ4n) is 4.86. The zero-order valence-electron chi connectivity index (χ0n) is 18.2. The minimum atomic E-state index is -0.415. The summed E-state index contributed by atoms with van der Waals surface area (Å²) in [4.78, 5) is 7.41. The lowest BCUT2D eigenvalue weighted by Gasteiger charge is -2.34. The van der Waals surface area contributed by atoms with Crippen molar-refractivity contribution in [3.8, 4) is 17.5 Å². The smallest absolute Gasteiger partial charge is 0.150 e. The molecule has 1 saturated carbocycles. The zero-order valence-corrected chi connectivity index (χ0v) is 19.0. The number of ether oxygens (including phenoxy) is 2. The van der Waals surface area contributed by atoms with Crippen LogP contribution in [0.5, 0.6) is 0 Å². The third-order valence-corrected chi connectivity index (χ3v) is 7.76. The number of aromatic nitrogens is 4. The van der Waals surface area contributed by atoms with Crippen molar-refractivity contribution < 1.29 is 9.47 Å². The Bertz CT molecular complexity index is 1190. The van der Waals surface area contributed by atoms with Gasteiger partial charge in [0, 0.05) is 19.3 Å². The molecule has 9 heteroatoms. The summed E-state index contributed by atoms with van der Waals surface area (Å²) in [6.07, 6.45) is 6.70. The van der Waals surface area contributed by atoms with Gasteiger partial charge in [-0.25, -0.2) is 9.67 Å². The molecule has 0 radical (unpaired) electrons. The van der Waals surface area contributed by atoms with E-state index in [4.69, 9.17) is 18.8 Å². The van der Waals surface area contributed by atoms with Crippen LogP contribution >= 0.6 is 11.5 Å². The molecule has 8 nitrogen and oxygen atoms in total. The number of hydrogen-bond donors (Lipinski definition) is 0. The second-order valence-electron chi connectivity index (χ2n) is 9.03. The summed E-state index contributed by atoms with van der Waals surface area (Å²) < 4.78 is 19.5. The van der Waals surface area contributed by atoms with Crippen molar-refractivity contribution >= 4 is 27.6 Å². The predicted octanol–water partition coefficient (Wildman–Crippen LogP) is 4.03. The molecule has 0 amide bonds. The lowest BCUT2D eigenvalue weighted by Crippen LogP contribution is -2.44. The van der Waals surface area contributed by atoms with Crippen LogP contribution in [0.3, 0.4) is 0 Å². The molecule has 3 fully saturated rings. The average Bonchev–Trinajstić information content (AvgIpc) is 3.28. The number of nitrogens with zero attached hydrogens (tertiary/aromatic N) is 6. The predicted molar refractivity (Wildman–Crippen MR) is 122 cm³/mol. The van der Waals surface area contributed by atoms with Crippen LogP contribution in [0.25, 0.3) is 21.6 Å². The number of fused-ring (bicyclic) bond motifs is 1. The lowest BCUT2D eigenvalue weighted by atomic mass is 9.97. The molecule has 6 rings (SSSR count). The molecule has 2 atom stereocenters. The van der Waals surface area contributed by atoms with E-state index in [0.29, 0.717) is 13.2 Å². The molecule has 0 aromatic carbocycles. The molecule has 2 aliphatic heterocycles. The van der Waals surface area contributed by atoms with Crippen LogP contribution in [-0.4, -0.2) is 51.5 Å². The van der Waals surface area contributed by atoms with Crippen molar-refractivity contribution in [3.05, 3.63) is 23.9 Å². The molecule has 0 N–H and O–H groups in total. The Labute approximate surface area is 190 Å². The summed E-state index contributed by atoms with van der Waals surface area (Å²) in [6.45, 7) is 5.07. The SMILES string of the molecule is CC1COCCN1c1cc(C2(C#N)CC2)c2snc(-c3ccnn3C3CCCCO3)c2n1. The van der Waals surface area contributed by atoms with Gasteiger partial charge in [0.25, 0.3) is 0 Å². The van der Waals surface area contributed by atoms with Gasteiger partial charge >= 0.3 is 0 Å². The first-order chi connectivity index (χ1) is 15.7. The Morgan fingerprint density at radius 1 is 1.28 bits per heavy atom. The van der Waals surface area contributed by atoms with Gasteiger partial charge in [0.15, 0.2) is 6.23 Å². The molecule has 166 valence electrons. The second kappa shape index (κ2) is 7.80. The van der Waals surface area contributed by atoms with Gasteiger partial charge in [-0.2, -0.15) is 14.7 Å². The number of hydrogen-bond acceptors (Lipinski definition) is 8. The molecule has 3 aliphatic rings. The van der Waals surface area contributed by atoms with Crippen molar-refractivity contribution in [3.63, 3.8) is 0 Å². The molecule has 0 spiro atoms. The maximum atomic E-state index is 9.98. The normalized spacial score (nSPS) is 25.1. The van der Waals surface area contributed by atoms with Gasteiger partial charge in [-0.3, -0.25) is 0 Å². The van der Waals surface area contributed by atoms with Crippen molar-refractivity contribution in [2.24, 2.45) is 0 Å². The van der Waals surface area contributed by atoms with E-state index in [1.54, 1.807) is 0 Å². The first-order valence-electron chi connectivity index (χ1n) is 11.4. The van der Waals surface area contributed by atoms with E-state index in [0.717, 1.165) is 78.2 Å². The van der Waals surface area contributed by atoms with Gasteiger partial charge in [0.1, 0.15) is 17.0 Å². The summed E-state index contributed by atoms with van der Waals surface area (Å²) >= 11 is 1.44. The topological polar surface area (TPSA) is 89.1 Å². The van der Waals surface area contributed by atoms with Crippen molar-refractivity contribution in [2.75, 3.05) is 31.3 Å². The molecule has 3 aromatic heterocycles. The minimum absolute atomic E-state index is 0.0682. The van der Waals surface area contributed by atoms with E-state index >= 15 is 0 Å².